The van der Waals surface area contributed by atoms with E-state index in [-0.39, 0.29) is 30.7 Å². The van der Waals surface area contributed by atoms with Gasteiger partial charge in [-0.3, -0.25) is 14.5 Å². The number of para-hydroxylation sites is 2. The number of benzene rings is 1. The van der Waals surface area contributed by atoms with Gasteiger partial charge < -0.3 is 15.0 Å². The zero-order chi connectivity index (χ0) is 18.1. The lowest BCUT2D eigenvalue weighted by atomic mass is 10.1. The molecule has 0 bridgehead atoms. The second-order valence-electron chi connectivity index (χ2n) is 5.80. The molecule has 0 radical (unpaired) electrons. The summed E-state index contributed by atoms with van der Waals surface area (Å²) in [6.07, 6.45) is 0. The molecule has 0 saturated heterocycles. The summed E-state index contributed by atoms with van der Waals surface area (Å²) in [7, 11) is 0. The predicted molar refractivity (Wildman–Crippen MR) is 93.0 cm³/mol. The lowest BCUT2D eigenvalue weighted by Crippen LogP contribution is -2.42. The van der Waals surface area contributed by atoms with Crippen LogP contribution in [-0.4, -0.2) is 35.9 Å². The Morgan fingerprint density at radius 1 is 1.24 bits per heavy atom. The number of rotatable bonds is 3. The van der Waals surface area contributed by atoms with Crippen molar-refractivity contribution in [2.75, 3.05) is 23.4 Å². The first-order valence-electron chi connectivity index (χ1n) is 8.01. The van der Waals surface area contributed by atoms with E-state index in [0.717, 1.165) is 0 Å². The van der Waals surface area contributed by atoms with Crippen LogP contribution in [0.2, 0.25) is 0 Å². The Bertz CT molecular complexity index is 869. The fourth-order valence-electron chi connectivity index (χ4n) is 3.02. The normalized spacial score (nSPS) is 13.2. The van der Waals surface area contributed by atoms with Crippen molar-refractivity contribution >= 4 is 29.2 Å². The van der Waals surface area contributed by atoms with Crippen molar-refractivity contribution in [3.8, 4) is 0 Å². The number of nitrogens with one attached hydrogen (secondary N) is 2. The van der Waals surface area contributed by atoms with Crippen LogP contribution in [0.25, 0.3) is 0 Å². The van der Waals surface area contributed by atoms with Gasteiger partial charge in [0.05, 0.1) is 23.5 Å². The Labute approximate surface area is 145 Å². The maximum Gasteiger partial charge on any atom is 0.340 e. The number of fused-ring (bicyclic) bond motifs is 1. The summed E-state index contributed by atoms with van der Waals surface area (Å²) in [5.41, 5.74) is 2.93. The number of carbonyl (C=O) groups is 3. The number of amides is 2. The Balaban J connectivity index is 2.01. The van der Waals surface area contributed by atoms with Crippen LogP contribution in [0.4, 0.5) is 11.4 Å². The number of anilines is 2. The van der Waals surface area contributed by atoms with E-state index < -0.39 is 5.97 Å². The summed E-state index contributed by atoms with van der Waals surface area (Å²) in [5.74, 6) is -1.10. The molecule has 1 aromatic carbocycles. The fourth-order valence-corrected chi connectivity index (χ4v) is 3.02. The molecule has 2 amide bonds. The molecule has 2 heterocycles. The summed E-state index contributed by atoms with van der Waals surface area (Å²) in [6.45, 7) is 5.31. The Kier molecular flexibility index (Phi) is 4.31. The van der Waals surface area contributed by atoms with Crippen LogP contribution >= 0.6 is 0 Å². The highest BCUT2D eigenvalue weighted by Gasteiger charge is 2.31. The van der Waals surface area contributed by atoms with Crippen molar-refractivity contribution in [3.63, 3.8) is 0 Å². The first-order valence-corrected chi connectivity index (χ1v) is 8.01. The summed E-state index contributed by atoms with van der Waals surface area (Å²) in [4.78, 5) is 41.5. The minimum absolute atomic E-state index is 0.0813. The van der Waals surface area contributed by atoms with Crippen LogP contribution in [-0.2, 0) is 9.53 Å². The van der Waals surface area contributed by atoms with Crippen molar-refractivity contribution in [3.05, 3.63) is 46.8 Å². The van der Waals surface area contributed by atoms with Crippen LogP contribution in [0.3, 0.4) is 0 Å². The second kappa shape index (κ2) is 6.43. The molecule has 0 spiro atoms. The van der Waals surface area contributed by atoms with Gasteiger partial charge in [0, 0.05) is 5.69 Å². The quantitative estimate of drug-likeness (QED) is 0.839. The van der Waals surface area contributed by atoms with E-state index in [4.69, 9.17) is 4.74 Å². The number of hydrogen-bond donors (Lipinski definition) is 2. The Morgan fingerprint density at radius 2 is 1.96 bits per heavy atom. The van der Waals surface area contributed by atoms with Crippen molar-refractivity contribution in [2.24, 2.45) is 0 Å². The standard InChI is InChI=1S/C18H19N3O4/c1-4-25-18(24)15-10(2)16(19-11(15)3)17(23)21-9-14(22)20-12-7-5-6-8-13(12)21/h5-8,19H,4,9H2,1-3H3,(H,20,22). The van der Waals surface area contributed by atoms with Crippen molar-refractivity contribution in [1.82, 2.24) is 4.98 Å². The molecule has 1 aliphatic heterocycles. The van der Waals surface area contributed by atoms with Gasteiger partial charge in [-0.15, -0.1) is 0 Å². The first-order chi connectivity index (χ1) is 11.9. The molecule has 7 nitrogen and oxygen atoms in total. The van der Waals surface area contributed by atoms with Gasteiger partial charge in [-0.2, -0.15) is 0 Å². The monoisotopic (exact) mass is 341 g/mol. The molecule has 2 N–H and O–H groups in total. The summed E-state index contributed by atoms with van der Waals surface area (Å²) < 4.78 is 5.05. The minimum atomic E-state index is -0.468. The van der Waals surface area contributed by atoms with Crippen molar-refractivity contribution in [2.45, 2.75) is 20.8 Å². The second-order valence-corrected chi connectivity index (χ2v) is 5.80. The molecule has 0 atom stereocenters. The molecule has 25 heavy (non-hydrogen) atoms. The van der Waals surface area contributed by atoms with E-state index in [1.54, 1.807) is 45.0 Å². The van der Waals surface area contributed by atoms with E-state index >= 15 is 0 Å². The first kappa shape index (κ1) is 16.8. The van der Waals surface area contributed by atoms with Gasteiger partial charge >= 0.3 is 5.97 Å². The number of hydrogen-bond acceptors (Lipinski definition) is 4. The molecule has 130 valence electrons. The highest BCUT2D eigenvalue weighted by atomic mass is 16.5. The Hall–Kier alpha value is -3.09. The number of esters is 1. The van der Waals surface area contributed by atoms with Crippen molar-refractivity contribution in [1.29, 1.82) is 0 Å². The van der Waals surface area contributed by atoms with E-state index in [1.165, 1.54) is 4.90 Å². The molecule has 0 fully saturated rings. The van der Waals surface area contributed by atoms with E-state index in [1.807, 2.05) is 0 Å². The molecule has 0 aliphatic carbocycles. The van der Waals surface area contributed by atoms with Crippen LogP contribution in [0.5, 0.6) is 0 Å². The number of aryl methyl sites for hydroxylation is 1. The predicted octanol–water partition coefficient (Wildman–Crippen LogP) is 2.41. The molecule has 0 saturated carbocycles. The average Bonchev–Trinajstić information content (AvgIpc) is 2.88. The van der Waals surface area contributed by atoms with Gasteiger partial charge in [-0.1, -0.05) is 12.1 Å². The largest absolute Gasteiger partial charge is 0.462 e. The third kappa shape index (κ3) is 2.88. The van der Waals surface area contributed by atoms with E-state index in [0.29, 0.717) is 28.2 Å². The molecule has 3 rings (SSSR count). The number of aromatic nitrogens is 1. The average molecular weight is 341 g/mol. The number of ether oxygens (including phenoxy) is 1. The lowest BCUT2D eigenvalue weighted by Gasteiger charge is -2.29. The van der Waals surface area contributed by atoms with Crippen LogP contribution in [0.1, 0.15) is 39.0 Å². The number of H-pyrrole nitrogens is 1. The SMILES string of the molecule is CCOC(=O)c1c(C)[nH]c(C(=O)N2CC(=O)Nc3ccccc32)c1C. The maximum absolute atomic E-state index is 13.0. The van der Waals surface area contributed by atoms with Gasteiger partial charge in [0.2, 0.25) is 5.91 Å². The van der Waals surface area contributed by atoms with Crippen LogP contribution < -0.4 is 10.2 Å². The number of aromatic amines is 1. The summed E-state index contributed by atoms with van der Waals surface area (Å²) in [5, 5.41) is 2.75. The molecule has 1 aromatic heterocycles. The van der Waals surface area contributed by atoms with Gasteiger partial charge in [0.1, 0.15) is 12.2 Å². The highest BCUT2D eigenvalue weighted by molar-refractivity contribution is 6.15. The van der Waals surface area contributed by atoms with Crippen LogP contribution in [0, 0.1) is 13.8 Å². The Morgan fingerprint density at radius 3 is 2.68 bits per heavy atom. The zero-order valence-electron chi connectivity index (χ0n) is 14.3. The van der Waals surface area contributed by atoms with Gasteiger partial charge in [-0.25, -0.2) is 4.79 Å². The fraction of sp³-hybridized carbons (Fsp3) is 0.278. The van der Waals surface area contributed by atoms with Gasteiger partial charge in [0.25, 0.3) is 5.91 Å². The number of carbonyl (C=O) groups excluding carboxylic acids is 3. The third-order valence-electron chi connectivity index (χ3n) is 4.15. The maximum atomic E-state index is 13.0. The molecular weight excluding hydrogens is 322 g/mol. The zero-order valence-corrected chi connectivity index (χ0v) is 14.3. The molecule has 1 aliphatic rings. The van der Waals surface area contributed by atoms with Crippen molar-refractivity contribution < 1.29 is 19.1 Å². The van der Waals surface area contributed by atoms with Gasteiger partial charge in [-0.05, 0) is 38.5 Å². The lowest BCUT2D eigenvalue weighted by molar-refractivity contribution is -0.115. The number of nitrogens with zero attached hydrogens (tertiary/aromatic N) is 1. The minimum Gasteiger partial charge on any atom is -0.462 e. The molecule has 7 heteroatoms. The third-order valence-corrected chi connectivity index (χ3v) is 4.15. The van der Waals surface area contributed by atoms with Crippen LogP contribution in [0.15, 0.2) is 24.3 Å². The summed E-state index contributed by atoms with van der Waals surface area (Å²) in [6, 6.07) is 7.09. The smallest absolute Gasteiger partial charge is 0.340 e. The highest BCUT2D eigenvalue weighted by Crippen LogP contribution is 2.31. The summed E-state index contributed by atoms with van der Waals surface area (Å²) >= 11 is 0. The van der Waals surface area contributed by atoms with Gasteiger partial charge in [0.15, 0.2) is 0 Å². The molecule has 0 unspecified atom stereocenters. The van der Waals surface area contributed by atoms with E-state index in [9.17, 15) is 14.4 Å². The topological polar surface area (TPSA) is 91.5 Å². The molecular formula is C18H19N3O4. The van der Waals surface area contributed by atoms with E-state index in [2.05, 4.69) is 10.3 Å². The molecule has 2 aromatic rings.